The molecule has 1 aromatic rings. The molecule has 0 bridgehead atoms. The molecule has 2 aliphatic rings. The first-order chi connectivity index (χ1) is 8.27. The minimum atomic E-state index is 0.258. The Morgan fingerprint density at radius 3 is 2.65 bits per heavy atom. The van der Waals surface area contributed by atoms with Gasteiger partial charge in [0.05, 0.1) is 0 Å². The van der Waals surface area contributed by atoms with E-state index in [4.69, 9.17) is 0 Å². The van der Waals surface area contributed by atoms with Crippen LogP contribution in [0.2, 0.25) is 0 Å². The first-order valence-electron chi connectivity index (χ1n) is 6.59. The molecule has 0 spiro atoms. The lowest BCUT2D eigenvalue weighted by Gasteiger charge is -2.13. The van der Waals surface area contributed by atoms with Gasteiger partial charge in [0.2, 0.25) is 0 Å². The molecule has 2 heteroatoms. The second kappa shape index (κ2) is 4.26. The van der Waals surface area contributed by atoms with Crippen molar-refractivity contribution in [2.24, 2.45) is 11.8 Å². The average Bonchev–Trinajstić information content (AvgIpc) is 3.05. The zero-order valence-electron chi connectivity index (χ0n) is 10.2. The van der Waals surface area contributed by atoms with E-state index in [1.165, 1.54) is 5.56 Å². The Balaban J connectivity index is 1.67. The number of carbonyl (C=O) groups is 1. The fraction of sp³-hybridized carbons (Fsp3) is 0.533. The molecule has 3 rings (SSSR count). The summed E-state index contributed by atoms with van der Waals surface area (Å²) in [6.07, 6.45) is 2.09. The molecule has 2 fully saturated rings. The Kier molecular flexibility index (Phi) is 2.75. The van der Waals surface area contributed by atoms with Gasteiger partial charge in [-0.2, -0.15) is 0 Å². The Bertz CT molecular complexity index is 414. The molecule has 1 saturated carbocycles. The molecule has 1 aromatic carbocycles. The van der Waals surface area contributed by atoms with Crippen LogP contribution >= 0.6 is 0 Å². The highest BCUT2D eigenvalue weighted by atomic mass is 16.1. The second-order valence-electron chi connectivity index (χ2n) is 5.40. The van der Waals surface area contributed by atoms with Crippen LogP contribution in [0.4, 0.5) is 0 Å². The topological polar surface area (TPSA) is 29.1 Å². The molecule has 90 valence electrons. The highest BCUT2D eigenvalue weighted by molar-refractivity contribution is 5.88. The van der Waals surface area contributed by atoms with Crippen LogP contribution in [0.5, 0.6) is 0 Å². The molecule has 2 nitrogen and oxygen atoms in total. The van der Waals surface area contributed by atoms with Crippen molar-refractivity contribution in [3.63, 3.8) is 0 Å². The van der Waals surface area contributed by atoms with Gasteiger partial charge >= 0.3 is 0 Å². The van der Waals surface area contributed by atoms with Crippen molar-refractivity contribution in [1.82, 2.24) is 5.32 Å². The summed E-state index contributed by atoms with van der Waals surface area (Å²) in [6.45, 7) is 3.13. The van der Waals surface area contributed by atoms with Gasteiger partial charge in [-0.25, -0.2) is 0 Å². The third-order valence-electron chi connectivity index (χ3n) is 4.27. The highest BCUT2D eigenvalue weighted by Gasteiger charge is 2.47. The van der Waals surface area contributed by atoms with Crippen LogP contribution in [0.3, 0.4) is 0 Å². The number of hydrogen-bond donors (Lipinski definition) is 1. The number of Topliss-reactive ketones (excluding diaryl/α,β-unsaturated/α-hetero) is 1. The van der Waals surface area contributed by atoms with E-state index in [1.54, 1.807) is 0 Å². The summed E-state index contributed by atoms with van der Waals surface area (Å²) in [4.78, 5) is 12.4. The third-order valence-corrected chi connectivity index (χ3v) is 4.27. The van der Waals surface area contributed by atoms with E-state index in [1.807, 2.05) is 6.07 Å². The van der Waals surface area contributed by atoms with Crippen LogP contribution in [-0.2, 0) is 4.79 Å². The molecule has 1 heterocycles. The van der Waals surface area contributed by atoms with E-state index in [9.17, 15) is 4.79 Å². The molecule has 17 heavy (non-hydrogen) atoms. The van der Waals surface area contributed by atoms with Crippen molar-refractivity contribution in [2.45, 2.75) is 31.7 Å². The Morgan fingerprint density at radius 2 is 2.00 bits per heavy atom. The summed E-state index contributed by atoms with van der Waals surface area (Å²) >= 11 is 0. The van der Waals surface area contributed by atoms with E-state index >= 15 is 0 Å². The van der Waals surface area contributed by atoms with Gasteiger partial charge in [-0.3, -0.25) is 4.79 Å². The number of carbonyl (C=O) groups excluding carboxylic acids is 1. The van der Waals surface area contributed by atoms with Gasteiger partial charge in [-0.05, 0) is 37.8 Å². The smallest absolute Gasteiger partial charge is 0.141 e. The lowest BCUT2D eigenvalue weighted by Crippen LogP contribution is -2.29. The first kappa shape index (κ1) is 11.0. The lowest BCUT2D eigenvalue weighted by atomic mass is 9.92. The summed E-state index contributed by atoms with van der Waals surface area (Å²) < 4.78 is 0. The molecule has 1 N–H and O–H groups in total. The normalized spacial score (nSPS) is 35.8. The molecule has 0 aromatic heterocycles. The van der Waals surface area contributed by atoms with Crippen molar-refractivity contribution < 1.29 is 4.79 Å². The number of hydrogen-bond acceptors (Lipinski definition) is 2. The maximum Gasteiger partial charge on any atom is 0.141 e. The maximum absolute atomic E-state index is 12.4. The fourth-order valence-corrected chi connectivity index (χ4v) is 3.10. The lowest BCUT2D eigenvalue weighted by molar-refractivity contribution is -0.124. The van der Waals surface area contributed by atoms with Gasteiger partial charge in [0, 0.05) is 17.9 Å². The van der Waals surface area contributed by atoms with Gasteiger partial charge in [-0.1, -0.05) is 30.3 Å². The van der Waals surface area contributed by atoms with Crippen molar-refractivity contribution in [3.05, 3.63) is 35.9 Å². The highest BCUT2D eigenvalue weighted by Crippen LogP contribution is 2.49. The third kappa shape index (κ3) is 2.02. The quantitative estimate of drug-likeness (QED) is 0.862. The standard InChI is InChI=1S/C15H19NO/c1-10-12(7-8-16-10)15(17)14-9-13(14)11-5-3-2-4-6-11/h2-6,10,12-14,16H,7-9H2,1H3. The zero-order valence-corrected chi connectivity index (χ0v) is 10.2. The number of ketones is 1. The molecule has 0 amide bonds. The van der Waals surface area contributed by atoms with E-state index in [0.29, 0.717) is 23.7 Å². The molecule has 4 unspecified atom stereocenters. The van der Waals surface area contributed by atoms with Crippen LogP contribution in [0.15, 0.2) is 30.3 Å². The van der Waals surface area contributed by atoms with Gasteiger partial charge in [0.15, 0.2) is 0 Å². The number of nitrogens with one attached hydrogen (secondary N) is 1. The number of rotatable bonds is 3. The Hall–Kier alpha value is -1.15. The van der Waals surface area contributed by atoms with Crippen LogP contribution in [-0.4, -0.2) is 18.4 Å². The van der Waals surface area contributed by atoms with E-state index in [2.05, 4.69) is 36.5 Å². The minimum absolute atomic E-state index is 0.258. The molecular formula is C15H19NO. The summed E-state index contributed by atoms with van der Waals surface area (Å²) in [5.41, 5.74) is 1.34. The second-order valence-corrected chi connectivity index (χ2v) is 5.40. The number of benzene rings is 1. The van der Waals surface area contributed by atoms with Crippen molar-refractivity contribution in [3.8, 4) is 0 Å². The SMILES string of the molecule is CC1NCCC1C(=O)C1CC1c1ccccc1. The predicted octanol–water partition coefficient (Wildman–Crippen LogP) is 2.36. The van der Waals surface area contributed by atoms with E-state index < -0.39 is 0 Å². The molecule has 0 radical (unpaired) electrons. The molecular weight excluding hydrogens is 210 g/mol. The fourth-order valence-electron chi connectivity index (χ4n) is 3.10. The van der Waals surface area contributed by atoms with E-state index in [-0.39, 0.29) is 5.92 Å². The minimum Gasteiger partial charge on any atom is -0.314 e. The molecule has 1 aliphatic heterocycles. The first-order valence-corrected chi connectivity index (χ1v) is 6.59. The van der Waals surface area contributed by atoms with Crippen molar-refractivity contribution in [1.29, 1.82) is 0 Å². The summed E-state index contributed by atoms with van der Waals surface area (Å²) in [5, 5.41) is 3.37. The monoisotopic (exact) mass is 229 g/mol. The predicted molar refractivity (Wildman–Crippen MR) is 67.9 cm³/mol. The Labute approximate surface area is 102 Å². The van der Waals surface area contributed by atoms with Crippen LogP contribution in [0, 0.1) is 11.8 Å². The van der Waals surface area contributed by atoms with Gasteiger partial charge < -0.3 is 5.32 Å². The largest absolute Gasteiger partial charge is 0.314 e. The Morgan fingerprint density at radius 1 is 1.24 bits per heavy atom. The van der Waals surface area contributed by atoms with Gasteiger partial charge in [-0.15, -0.1) is 0 Å². The van der Waals surface area contributed by atoms with Crippen LogP contribution in [0.25, 0.3) is 0 Å². The summed E-state index contributed by atoms with van der Waals surface area (Å²) in [6, 6.07) is 10.8. The average molecular weight is 229 g/mol. The van der Waals surface area contributed by atoms with Crippen molar-refractivity contribution >= 4 is 5.78 Å². The zero-order chi connectivity index (χ0) is 11.8. The van der Waals surface area contributed by atoms with Crippen LogP contribution < -0.4 is 5.32 Å². The van der Waals surface area contributed by atoms with E-state index in [0.717, 1.165) is 19.4 Å². The van der Waals surface area contributed by atoms with Crippen LogP contribution in [0.1, 0.15) is 31.2 Å². The van der Waals surface area contributed by atoms with Gasteiger partial charge in [0.1, 0.15) is 5.78 Å². The van der Waals surface area contributed by atoms with Gasteiger partial charge in [0.25, 0.3) is 0 Å². The summed E-state index contributed by atoms with van der Waals surface area (Å²) in [5.74, 6) is 1.55. The molecule has 4 atom stereocenters. The summed E-state index contributed by atoms with van der Waals surface area (Å²) in [7, 11) is 0. The van der Waals surface area contributed by atoms with Crippen molar-refractivity contribution in [2.75, 3.05) is 6.54 Å². The molecule has 1 saturated heterocycles. The molecule has 1 aliphatic carbocycles. The maximum atomic E-state index is 12.4.